The molecule has 2 aromatic carbocycles. The van der Waals surface area contributed by atoms with Crippen molar-refractivity contribution in [2.45, 2.75) is 0 Å². The Bertz CT molecular complexity index is 643. The maximum Gasteiger partial charge on any atom is 0.237 e. The molecule has 0 unspecified atom stereocenters. The molecule has 0 aliphatic heterocycles. The normalized spacial score (nSPS) is 9.06. The molecule has 0 fully saturated rings. The van der Waals surface area contributed by atoms with Crippen LogP contribution in [0.3, 0.4) is 0 Å². The third kappa shape index (κ3) is 2.39. The lowest BCUT2D eigenvalue weighted by Gasteiger charge is -2.02. The van der Waals surface area contributed by atoms with Crippen LogP contribution in [0.1, 0.15) is 0 Å². The monoisotopic (exact) mass is 220 g/mol. The lowest BCUT2D eigenvalue weighted by molar-refractivity contribution is 1.34. The van der Waals surface area contributed by atoms with Gasteiger partial charge in [0.2, 0.25) is 5.71 Å². The first-order valence-electron chi connectivity index (χ1n) is 4.96. The van der Waals surface area contributed by atoms with Crippen molar-refractivity contribution in [3.05, 3.63) is 42.5 Å². The van der Waals surface area contributed by atoms with Crippen LogP contribution in [-0.4, -0.2) is 5.71 Å². The number of fused-ring (bicyclic) bond motifs is 1. The Hall–Kier alpha value is -2.85. The maximum absolute atomic E-state index is 8.53. The molecule has 0 aromatic heterocycles. The minimum atomic E-state index is -0.196. The average molecular weight is 220 g/mol. The summed E-state index contributed by atoms with van der Waals surface area (Å²) in [7, 11) is 0. The highest BCUT2D eigenvalue weighted by atomic mass is 15.3. The summed E-state index contributed by atoms with van der Waals surface area (Å²) in [6, 6.07) is 17.0. The molecule has 0 saturated carbocycles. The second kappa shape index (κ2) is 4.78. The van der Waals surface area contributed by atoms with Crippen LogP contribution in [0.4, 0.5) is 5.69 Å². The van der Waals surface area contributed by atoms with Crippen molar-refractivity contribution >= 4 is 22.2 Å². The Kier molecular flexibility index (Phi) is 3.00. The lowest BCUT2D eigenvalue weighted by Crippen LogP contribution is -1.96. The topological polar surface area (TPSA) is 72.0 Å². The third-order valence-corrected chi connectivity index (χ3v) is 2.26. The zero-order valence-electron chi connectivity index (χ0n) is 8.88. The van der Waals surface area contributed by atoms with E-state index in [1.54, 1.807) is 12.1 Å². The van der Waals surface area contributed by atoms with Gasteiger partial charge in [-0.15, -0.1) is 0 Å². The van der Waals surface area contributed by atoms with E-state index in [0.717, 1.165) is 16.5 Å². The molecule has 4 heteroatoms. The van der Waals surface area contributed by atoms with Gasteiger partial charge in [0, 0.05) is 0 Å². The van der Waals surface area contributed by atoms with Crippen LogP contribution < -0.4 is 5.43 Å². The molecule has 0 bridgehead atoms. The van der Waals surface area contributed by atoms with Crippen LogP contribution in [0.5, 0.6) is 0 Å². The van der Waals surface area contributed by atoms with E-state index in [0.29, 0.717) is 0 Å². The molecule has 0 aliphatic carbocycles. The zero-order valence-corrected chi connectivity index (χ0v) is 8.88. The first kappa shape index (κ1) is 10.7. The minimum absolute atomic E-state index is 0.196. The second-order valence-corrected chi connectivity index (χ2v) is 3.36. The van der Waals surface area contributed by atoms with E-state index in [9.17, 15) is 0 Å². The number of nitriles is 2. The number of rotatable bonds is 2. The molecule has 2 aromatic rings. The molecule has 0 spiro atoms. The largest absolute Gasteiger partial charge is 0.276 e. The third-order valence-electron chi connectivity index (χ3n) is 2.26. The van der Waals surface area contributed by atoms with Crippen molar-refractivity contribution in [1.29, 1.82) is 10.5 Å². The van der Waals surface area contributed by atoms with Crippen molar-refractivity contribution in [2.75, 3.05) is 5.43 Å². The van der Waals surface area contributed by atoms with E-state index < -0.39 is 0 Å². The molecule has 0 amide bonds. The average Bonchev–Trinajstić information content (AvgIpc) is 2.40. The number of hydrogen-bond donors (Lipinski definition) is 1. The van der Waals surface area contributed by atoms with Crippen LogP contribution in [0.25, 0.3) is 10.8 Å². The van der Waals surface area contributed by atoms with Crippen molar-refractivity contribution in [2.24, 2.45) is 5.10 Å². The van der Waals surface area contributed by atoms with E-state index >= 15 is 0 Å². The Morgan fingerprint density at radius 3 is 2.41 bits per heavy atom. The Labute approximate surface area is 98.4 Å². The van der Waals surface area contributed by atoms with Crippen LogP contribution in [0.15, 0.2) is 47.6 Å². The van der Waals surface area contributed by atoms with Gasteiger partial charge in [-0.25, -0.2) is 0 Å². The van der Waals surface area contributed by atoms with Crippen LogP contribution in [-0.2, 0) is 0 Å². The molecule has 4 nitrogen and oxygen atoms in total. The fourth-order valence-corrected chi connectivity index (χ4v) is 1.45. The highest BCUT2D eigenvalue weighted by Crippen LogP contribution is 2.18. The molecule has 0 radical (unpaired) electrons. The fraction of sp³-hybridized carbons (Fsp3) is 0. The van der Waals surface area contributed by atoms with Gasteiger partial charge in [-0.1, -0.05) is 30.3 Å². The summed E-state index contributed by atoms with van der Waals surface area (Å²) in [5, 5.41) is 22.9. The molecule has 17 heavy (non-hydrogen) atoms. The summed E-state index contributed by atoms with van der Waals surface area (Å²) in [5.41, 5.74) is 3.23. The van der Waals surface area contributed by atoms with Crippen molar-refractivity contribution in [1.82, 2.24) is 0 Å². The molecule has 0 heterocycles. The predicted molar refractivity (Wildman–Crippen MR) is 66.2 cm³/mol. The summed E-state index contributed by atoms with van der Waals surface area (Å²) in [6.45, 7) is 0. The summed E-state index contributed by atoms with van der Waals surface area (Å²) in [4.78, 5) is 0. The van der Waals surface area contributed by atoms with Crippen LogP contribution in [0, 0.1) is 22.7 Å². The van der Waals surface area contributed by atoms with Gasteiger partial charge in [0.15, 0.2) is 0 Å². The summed E-state index contributed by atoms with van der Waals surface area (Å²) >= 11 is 0. The predicted octanol–water partition coefficient (Wildman–Crippen LogP) is 2.65. The van der Waals surface area contributed by atoms with E-state index in [2.05, 4.69) is 10.5 Å². The molecule has 0 aliphatic rings. The first-order chi connectivity index (χ1) is 8.33. The number of nitrogens with zero attached hydrogens (tertiary/aromatic N) is 3. The Morgan fingerprint density at radius 2 is 1.71 bits per heavy atom. The van der Waals surface area contributed by atoms with Crippen molar-refractivity contribution < 1.29 is 0 Å². The number of anilines is 1. The van der Waals surface area contributed by atoms with Gasteiger partial charge >= 0.3 is 0 Å². The number of hydrazone groups is 1. The quantitative estimate of drug-likeness (QED) is 0.624. The van der Waals surface area contributed by atoms with Gasteiger partial charge in [-0.3, -0.25) is 5.43 Å². The fourth-order valence-electron chi connectivity index (χ4n) is 1.45. The van der Waals surface area contributed by atoms with E-state index in [1.807, 2.05) is 42.5 Å². The zero-order chi connectivity index (χ0) is 12.1. The summed E-state index contributed by atoms with van der Waals surface area (Å²) in [6.07, 6.45) is 0. The van der Waals surface area contributed by atoms with E-state index in [-0.39, 0.29) is 5.71 Å². The highest BCUT2D eigenvalue weighted by Gasteiger charge is 1.96. The standard InChI is InChI=1S/C13H8N4/c14-8-13(9-15)17-16-12-6-5-10-3-1-2-4-11(10)7-12/h1-7,16H. The van der Waals surface area contributed by atoms with Crippen LogP contribution in [0.2, 0.25) is 0 Å². The SMILES string of the molecule is N#CC(C#N)=NNc1ccc2ccccc2c1. The van der Waals surface area contributed by atoms with Gasteiger partial charge in [-0.05, 0) is 22.9 Å². The summed E-state index contributed by atoms with van der Waals surface area (Å²) in [5.74, 6) is 0. The second-order valence-electron chi connectivity index (χ2n) is 3.36. The Morgan fingerprint density at radius 1 is 1.00 bits per heavy atom. The van der Waals surface area contributed by atoms with Crippen molar-refractivity contribution in [3.63, 3.8) is 0 Å². The van der Waals surface area contributed by atoms with Gasteiger partial charge in [0.1, 0.15) is 12.1 Å². The molecule has 1 N–H and O–H groups in total. The van der Waals surface area contributed by atoms with E-state index in [1.165, 1.54) is 0 Å². The van der Waals surface area contributed by atoms with Gasteiger partial charge in [-0.2, -0.15) is 15.6 Å². The lowest BCUT2D eigenvalue weighted by atomic mass is 10.1. The number of hydrogen-bond acceptors (Lipinski definition) is 4. The number of benzene rings is 2. The molecule has 80 valence electrons. The highest BCUT2D eigenvalue weighted by molar-refractivity contribution is 6.10. The van der Waals surface area contributed by atoms with Gasteiger partial charge in [0.25, 0.3) is 0 Å². The number of nitrogens with one attached hydrogen (secondary N) is 1. The molecule has 0 saturated heterocycles. The molecular weight excluding hydrogens is 212 g/mol. The van der Waals surface area contributed by atoms with Gasteiger partial charge in [0.05, 0.1) is 5.69 Å². The Balaban J connectivity index is 2.30. The van der Waals surface area contributed by atoms with Crippen LogP contribution >= 0.6 is 0 Å². The minimum Gasteiger partial charge on any atom is -0.276 e. The molecular formula is C13H8N4. The van der Waals surface area contributed by atoms with E-state index in [4.69, 9.17) is 10.5 Å². The first-order valence-corrected chi connectivity index (χ1v) is 4.96. The summed E-state index contributed by atoms with van der Waals surface area (Å²) < 4.78 is 0. The molecule has 2 rings (SSSR count). The smallest absolute Gasteiger partial charge is 0.237 e. The maximum atomic E-state index is 8.53. The van der Waals surface area contributed by atoms with Crippen molar-refractivity contribution in [3.8, 4) is 12.1 Å². The molecule has 0 atom stereocenters. The van der Waals surface area contributed by atoms with Gasteiger partial charge < -0.3 is 0 Å².